The molecule has 23 heavy (non-hydrogen) atoms. The summed E-state index contributed by atoms with van der Waals surface area (Å²) >= 11 is 0. The first-order valence-corrected chi connectivity index (χ1v) is 9.13. The lowest BCUT2D eigenvalue weighted by Gasteiger charge is -2.28. The fraction of sp³-hybridized carbons (Fsp3) is 0.650. The van der Waals surface area contributed by atoms with Crippen LogP contribution < -0.4 is 4.74 Å². The molecule has 3 nitrogen and oxygen atoms in total. The molecule has 1 fully saturated rings. The molecular formula is C20H30O3. The van der Waals surface area contributed by atoms with Crippen LogP contribution in [-0.4, -0.2) is 17.7 Å². The molecule has 0 atom stereocenters. The van der Waals surface area contributed by atoms with Crippen LogP contribution in [0.2, 0.25) is 0 Å². The van der Waals surface area contributed by atoms with Crippen LogP contribution in [0.3, 0.4) is 0 Å². The molecule has 1 saturated carbocycles. The smallest absolute Gasteiger partial charge is 0.303 e. The van der Waals surface area contributed by atoms with E-state index in [1.807, 2.05) is 0 Å². The second-order valence-electron chi connectivity index (χ2n) is 6.77. The molecule has 3 heteroatoms. The van der Waals surface area contributed by atoms with Gasteiger partial charge in [-0.3, -0.25) is 4.79 Å². The fourth-order valence-electron chi connectivity index (χ4n) is 3.60. The zero-order chi connectivity index (χ0) is 16.5. The average Bonchev–Trinajstić information content (AvgIpc) is 2.56. The van der Waals surface area contributed by atoms with Gasteiger partial charge < -0.3 is 9.84 Å². The van der Waals surface area contributed by atoms with Crippen molar-refractivity contribution in [1.82, 2.24) is 0 Å². The number of carboxylic acid groups (broad SMARTS) is 1. The maximum absolute atomic E-state index is 10.4. The van der Waals surface area contributed by atoms with Crippen molar-refractivity contribution in [3.63, 3.8) is 0 Å². The molecule has 1 aromatic rings. The van der Waals surface area contributed by atoms with Crippen LogP contribution in [0.1, 0.15) is 76.2 Å². The predicted octanol–water partition coefficient (Wildman–Crippen LogP) is 5.39. The van der Waals surface area contributed by atoms with Crippen LogP contribution in [0.5, 0.6) is 5.75 Å². The molecule has 0 unspecified atom stereocenters. The third-order valence-electron chi connectivity index (χ3n) is 4.95. The SMILES string of the molecule is CCCC1CCC(c2ccc(OCCCCC(=O)O)cc2)CC1. The number of carbonyl (C=O) groups is 1. The maximum Gasteiger partial charge on any atom is 0.303 e. The van der Waals surface area contributed by atoms with Crippen molar-refractivity contribution in [3.05, 3.63) is 29.8 Å². The van der Waals surface area contributed by atoms with Crippen LogP contribution in [0.15, 0.2) is 24.3 Å². The monoisotopic (exact) mass is 318 g/mol. The molecule has 0 bridgehead atoms. The summed E-state index contributed by atoms with van der Waals surface area (Å²) in [5.74, 6) is 1.82. The van der Waals surface area contributed by atoms with E-state index in [-0.39, 0.29) is 6.42 Å². The Bertz CT molecular complexity index is 458. The Kier molecular flexibility index (Phi) is 7.44. The van der Waals surface area contributed by atoms with Gasteiger partial charge >= 0.3 is 5.97 Å². The highest BCUT2D eigenvalue weighted by Gasteiger charge is 2.21. The first kappa shape index (κ1) is 17.8. The Morgan fingerprint density at radius 1 is 1.13 bits per heavy atom. The molecule has 0 saturated heterocycles. The minimum Gasteiger partial charge on any atom is -0.494 e. The van der Waals surface area contributed by atoms with Crippen LogP contribution in [0.4, 0.5) is 0 Å². The van der Waals surface area contributed by atoms with Gasteiger partial charge in [-0.1, -0.05) is 31.9 Å². The van der Waals surface area contributed by atoms with Crippen LogP contribution >= 0.6 is 0 Å². The van der Waals surface area contributed by atoms with Crippen molar-refractivity contribution >= 4 is 5.97 Å². The molecule has 1 aromatic carbocycles. The Morgan fingerprint density at radius 2 is 1.83 bits per heavy atom. The molecule has 1 aliphatic carbocycles. The van der Waals surface area contributed by atoms with E-state index in [1.54, 1.807) is 0 Å². The summed E-state index contributed by atoms with van der Waals surface area (Å²) in [5, 5.41) is 8.59. The number of carboxylic acids is 1. The Morgan fingerprint density at radius 3 is 2.43 bits per heavy atom. The Hall–Kier alpha value is -1.51. The maximum atomic E-state index is 10.4. The van der Waals surface area contributed by atoms with Gasteiger partial charge in [0, 0.05) is 6.42 Å². The van der Waals surface area contributed by atoms with Gasteiger partial charge in [0.15, 0.2) is 0 Å². The quantitative estimate of drug-likeness (QED) is 0.621. The molecule has 0 radical (unpaired) electrons. The number of rotatable bonds is 9. The van der Waals surface area contributed by atoms with Crippen LogP contribution in [0, 0.1) is 5.92 Å². The van der Waals surface area contributed by atoms with E-state index in [2.05, 4.69) is 31.2 Å². The van der Waals surface area contributed by atoms with Crippen molar-refractivity contribution in [2.24, 2.45) is 5.92 Å². The second-order valence-corrected chi connectivity index (χ2v) is 6.77. The van der Waals surface area contributed by atoms with Crippen molar-refractivity contribution in [2.45, 2.75) is 70.6 Å². The van der Waals surface area contributed by atoms with Gasteiger partial charge in [0.1, 0.15) is 5.75 Å². The van der Waals surface area contributed by atoms with E-state index < -0.39 is 5.97 Å². The van der Waals surface area contributed by atoms with E-state index in [0.29, 0.717) is 18.9 Å². The molecule has 0 aromatic heterocycles. The van der Waals surface area contributed by atoms with E-state index >= 15 is 0 Å². The molecule has 0 heterocycles. The third-order valence-corrected chi connectivity index (χ3v) is 4.95. The van der Waals surface area contributed by atoms with E-state index in [9.17, 15) is 4.79 Å². The number of ether oxygens (including phenoxy) is 1. The lowest BCUT2D eigenvalue weighted by molar-refractivity contribution is -0.137. The van der Waals surface area contributed by atoms with Gasteiger partial charge in [0.05, 0.1) is 6.61 Å². The summed E-state index contributed by atoms with van der Waals surface area (Å²) in [6, 6.07) is 8.53. The van der Waals surface area contributed by atoms with Gasteiger partial charge in [0.2, 0.25) is 0 Å². The molecule has 1 N–H and O–H groups in total. The number of benzene rings is 1. The second kappa shape index (κ2) is 9.59. The Balaban J connectivity index is 1.71. The van der Waals surface area contributed by atoms with Crippen LogP contribution in [0.25, 0.3) is 0 Å². The summed E-state index contributed by atoms with van der Waals surface area (Å²) in [6.45, 7) is 2.88. The lowest BCUT2D eigenvalue weighted by atomic mass is 9.77. The molecule has 0 spiro atoms. The van der Waals surface area contributed by atoms with Gasteiger partial charge in [-0.2, -0.15) is 0 Å². The predicted molar refractivity (Wildman–Crippen MR) is 93.0 cm³/mol. The van der Waals surface area contributed by atoms with E-state index in [4.69, 9.17) is 9.84 Å². The van der Waals surface area contributed by atoms with Crippen molar-refractivity contribution < 1.29 is 14.6 Å². The third kappa shape index (κ3) is 6.25. The van der Waals surface area contributed by atoms with Gasteiger partial charge in [-0.15, -0.1) is 0 Å². The summed E-state index contributed by atoms with van der Waals surface area (Å²) in [4.78, 5) is 10.4. The normalized spacial score (nSPS) is 21.1. The lowest BCUT2D eigenvalue weighted by Crippen LogP contribution is -2.13. The highest BCUT2D eigenvalue weighted by atomic mass is 16.5. The van der Waals surface area contributed by atoms with Gasteiger partial charge in [-0.05, 0) is 68.1 Å². The molecule has 0 aliphatic heterocycles. The van der Waals surface area contributed by atoms with Crippen molar-refractivity contribution in [2.75, 3.05) is 6.61 Å². The highest BCUT2D eigenvalue weighted by molar-refractivity contribution is 5.66. The molecular weight excluding hydrogens is 288 g/mol. The number of hydrogen-bond acceptors (Lipinski definition) is 2. The average molecular weight is 318 g/mol. The summed E-state index contributed by atoms with van der Waals surface area (Å²) in [6.07, 6.45) is 9.78. The fourth-order valence-corrected chi connectivity index (χ4v) is 3.60. The minimum atomic E-state index is -0.733. The molecule has 128 valence electrons. The molecule has 0 amide bonds. The largest absolute Gasteiger partial charge is 0.494 e. The number of hydrogen-bond donors (Lipinski definition) is 1. The molecule has 1 aliphatic rings. The number of unbranched alkanes of at least 4 members (excludes halogenated alkanes) is 1. The molecule has 2 rings (SSSR count). The van der Waals surface area contributed by atoms with Crippen molar-refractivity contribution in [3.8, 4) is 5.75 Å². The van der Waals surface area contributed by atoms with Crippen molar-refractivity contribution in [1.29, 1.82) is 0 Å². The van der Waals surface area contributed by atoms with Gasteiger partial charge in [0.25, 0.3) is 0 Å². The zero-order valence-corrected chi connectivity index (χ0v) is 14.3. The van der Waals surface area contributed by atoms with Gasteiger partial charge in [-0.25, -0.2) is 0 Å². The first-order valence-electron chi connectivity index (χ1n) is 9.13. The minimum absolute atomic E-state index is 0.225. The zero-order valence-electron chi connectivity index (χ0n) is 14.3. The van der Waals surface area contributed by atoms with E-state index in [0.717, 1.165) is 18.1 Å². The highest BCUT2D eigenvalue weighted by Crippen LogP contribution is 2.37. The van der Waals surface area contributed by atoms with E-state index in [1.165, 1.54) is 44.1 Å². The first-order chi connectivity index (χ1) is 11.2. The number of aliphatic carboxylic acids is 1. The summed E-state index contributed by atoms with van der Waals surface area (Å²) < 4.78 is 5.69. The summed E-state index contributed by atoms with van der Waals surface area (Å²) in [5.41, 5.74) is 1.44. The topological polar surface area (TPSA) is 46.5 Å². The summed E-state index contributed by atoms with van der Waals surface area (Å²) in [7, 11) is 0. The van der Waals surface area contributed by atoms with Crippen LogP contribution in [-0.2, 0) is 4.79 Å². The Labute approximate surface area is 140 Å². The standard InChI is InChI=1S/C20H30O3/c1-2-5-16-7-9-17(10-8-16)18-11-13-19(14-12-18)23-15-4-3-6-20(21)22/h11-14,16-17H,2-10,15H2,1H3,(H,21,22).